The third-order valence-electron chi connectivity index (χ3n) is 15.3. The van der Waals surface area contributed by atoms with Crippen molar-refractivity contribution in [2.24, 2.45) is 51.1 Å². The van der Waals surface area contributed by atoms with E-state index in [2.05, 4.69) is 51.1 Å². The molecule has 0 atom stereocenters. The molecular formula is C56H48N12O36S10. The summed E-state index contributed by atoms with van der Waals surface area (Å²) in [6.45, 7) is 1.50. The van der Waals surface area contributed by atoms with E-state index in [1.165, 1.54) is 19.9 Å². The van der Waals surface area contributed by atoms with Crippen molar-refractivity contribution in [3.63, 3.8) is 0 Å². The van der Waals surface area contributed by atoms with Crippen LogP contribution in [0.25, 0.3) is 32.3 Å². The van der Waals surface area contributed by atoms with Gasteiger partial charge in [0.1, 0.15) is 80.7 Å². The highest BCUT2D eigenvalue weighted by Gasteiger charge is 2.33. The van der Waals surface area contributed by atoms with Crippen molar-refractivity contribution in [3.05, 3.63) is 118 Å². The van der Waals surface area contributed by atoms with Crippen LogP contribution in [-0.2, 0) is 101 Å². The van der Waals surface area contributed by atoms with Gasteiger partial charge < -0.3 is 25.4 Å². The summed E-state index contributed by atoms with van der Waals surface area (Å²) in [7, 11) is -53.8. The number of hydrogen-bond donors (Lipinski definition) is 13. The van der Waals surface area contributed by atoms with Gasteiger partial charge in [-0.1, -0.05) is 0 Å². The number of phenols is 2. The molecule has 0 radical (unpaired) electrons. The monoisotopic (exact) mass is 1780 g/mol. The molecule has 58 heteroatoms. The van der Waals surface area contributed by atoms with Crippen LogP contribution in [0.1, 0.15) is 24.0 Å². The maximum Gasteiger partial charge on any atom is 0.297 e. The van der Waals surface area contributed by atoms with E-state index in [0.717, 1.165) is 24.3 Å². The number of anilines is 1. The number of aromatic hydroxyl groups is 2. The molecule has 9 rings (SSSR count). The SMILES string of the molecule is Cc1cc(N=Nc2c(S(=O)(=O)O)cc3c(S(=O)(=O)O)c(N=Nc4cc(S(=O)(=O)O)c5cc(S(=O)(=O)O)c(N=Nc6ccc([N+](=O)[O-])cc6S(=O)(=O)O)c(O)c5c4N)ccc3c2O)c(OCCCS(=O)(=O)O)cc1N=Nc1cc(C)c(N=Nc2cc(S(=O)(=O)O)cc3cc(S(=O)(=O)O)cc(S(=O)(=O)O)c23)cc1OCCCS(=O)(=O)O. The van der Waals surface area contributed by atoms with Crippen LogP contribution in [0.5, 0.6) is 23.0 Å². The van der Waals surface area contributed by atoms with Gasteiger partial charge in [-0.15, -0.1) is 40.9 Å². The molecule has 0 spiro atoms. The van der Waals surface area contributed by atoms with Crippen LogP contribution in [0.3, 0.4) is 0 Å². The molecule has 0 unspecified atom stereocenters. The highest BCUT2D eigenvalue weighted by molar-refractivity contribution is 7.88. The standard InChI is InChI=1S/C56H48N12O36S10/c1-25-13-38(42(103-9-3-11-105(73,74)75)23-37(25)61-64-40-18-29(107(79,80)81)15-27-16-30(108(82,83)84)19-46(49(27)40)111(91,92)93)62-60-36-22-43(104-10-4-12-106(76,77)78)39(14-26(36)2)63-66-52-47(112(94,95)96)20-32-31(54(52)69)6-8-35(56(32)114(100,101)102)59-65-41-24-44(109(85,86)87)33-21-48(113(97,98)99)53(55(70)50(33)51(41)57)67-58-34-7-5-28(68(71)72)17-45(34)110(88,89)90/h5-8,13-24,69-70H,3-4,9-12,57H2,1-2H3,(H,73,74,75)(H,76,77,78)(H,79,80,81)(H,82,83,84)(H,85,86,87)(H,88,89,90)(H,91,92,93)(H,94,95,96)(H,97,98,99)(H,100,101,102). The number of fused-ring (bicyclic) bond motifs is 3. The van der Waals surface area contributed by atoms with Crippen molar-refractivity contribution in [2.45, 2.75) is 65.9 Å². The third-order valence-corrected chi connectivity index (χ3v) is 23.9. The molecule has 14 N–H and O–H groups in total. The number of rotatable bonds is 29. The van der Waals surface area contributed by atoms with E-state index in [4.69, 9.17) is 15.2 Å². The first-order valence-corrected chi connectivity index (χ1v) is 44.7. The Morgan fingerprint density at radius 1 is 0.368 bits per heavy atom. The summed E-state index contributed by atoms with van der Waals surface area (Å²) in [6.07, 6.45) is -0.885. The minimum Gasteiger partial charge on any atom is -0.505 e. The van der Waals surface area contributed by atoms with Gasteiger partial charge in [0.15, 0.2) is 11.5 Å². The number of ether oxygens (including phenoxy) is 2. The summed E-state index contributed by atoms with van der Waals surface area (Å²) < 4.78 is 362. The Hall–Kier alpha value is -10.7. The Kier molecular flexibility index (Phi) is 24.2. The molecule has 9 aromatic rings. The number of nitrogens with zero attached hydrogens (tertiary/aromatic N) is 11. The van der Waals surface area contributed by atoms with Gasteiger partial charge in [-0.05, 0) is 116 Å². The number of benzene rings is 9. The van der Waals surface area contributed by atoms with Gasteiger partial charge >= 0.3 is 0 Å². The number of non-ortho nitro benzene ring substituents is 1. The van der Waals surface area contributed by atoms with Crippen LogP contribution in [-0.4, -0.2) is 170 Å². The van der Waals surface area contributed by atoms with Crippen molar-refractivity contribution in [3.8, 4) is 23.0 Å². The Balaban J connectivity index is 1.15. The summed E-state index contributed by atoms with van der Waals surface area (Å²) in [5, 5.41) is 67.6. The van der Waals surface area contributed by atoms with Crippen molar-refractivity contribution >= 4 is 202 Å². The van der Waals surface area contributed by atoms with E-state index in [-0.39, 0.29) is 52.1 Å². The molecule has 608 valence electrons. The molecule has 9 aromatic carbocycles. The average molecular weight is 1790 g/mol. The number of nitro groups is 1. The normalized spacial score (nSPS) is 13.5. The van der Waals surface area contributed by atoms with Crippen LogP contribution in [0.15, 0.2) is 187 Å². The van der Waals surface area contributed by atoms with Gasteiger partial charge in [0.05, 0.1) is 67.6 Å². The smallest absolute Gasteiger partial charge is 0.297 e. The molecule has 0 saturated heterocycles. The second kappa shape index (κ2) is 31.6. The highest BCUT2D eigenvalue weighted by Crippen LogP contribution is 2.51. The van der Waals surface area contributed by atoms with Crippen molar-refractivity contribution < 1.29 is 154 Å². The Labute approximate surface area is 640 Å². The largest absolute Gasteiger partial charge is 0.505 e. The van der Waals surface area contributed by atoms with Gasteiger partial charge in [0.2, 0.25) is 0 Å². The predicted molar refractivity (Wildman–Crippen MR) is 387 cm³/mol. The molecule has 0 aliphatic carbocycles. The first-order chi connectivity index (χ1) is 52.2. The fraction of sp³-hybridized carbons (Fsp3) is 0.143. The fourth-order valence-corrected chi connectivity index (χ4v) is 16.6. The van der Waals surface area contributed by atoms with Crippen molar-refractivity contribution in [1.29, 1.82) is 0 Å². The van der Waals surface area contributed by atoms with Gasteiger partial charge in [-0.2, -0.15) is 94.4 Å². The summed E-state index contributed by atoms with van der Waals surface area (Å²) in [5.41, 5.74) is -3.50. The number of azo groups is 5. The Bertz CT molecular complexity index is 7070. The van der Waals surface area contributed by atoms with Crippen LogP contribution in [0.2, 0.25) is 0 Å². The van der Waals surface area contributed by atoms with E-state index >= 15 is 0 Å². The Morgan fingerprint density at radius 3 is 1.24 bits per heavy atom. The molecule has 0 fully saturated rings. The minimum absolute atomic E-state index is 0.00949. The molecule has 0 aliphatic heterocycles. The second-order valence-corrected chi connectivity index (χ2v) is 37.5. The first kappa shape index (κ1) is 87.2. The maximum absolute atomic E-state index is 13.4. The van der Waals surface area contributed by atoms with Crippen molar-refractivity contribution in [2.75, 3.05) is 30.5 Å². The molecule has 48 nitrogen and oxygen atoms in total. The van der Waals surface area contributed by atoms with Crippen molar-refractivity contribution in [1.82, 2.24) is 0 Å². The average Bonchev–Trinajstić information content (AvgIpc) is 0.779. The summed E-state index contributed by atoms with van der Waals surface area (Å²) in [6, 6.07) is 9.95. The molecule has 0 saturated carbocycles. The maximum atomic E-state index is 13.4. The molecule has 0 aliphatic rings. The predicted octanol–water partition coefficient (Wildman–Crippen LogP) is 10.0. The topological polar surface area (TPSA) is 795 Å². The van der Waals surface area contributed by atoms with Crippen LogP contribution in [0, 0.1) is 24.0 Å². The van der Waals surface area contributed by atoms with Gasteiger partial charge in [0, 0.05) is 45.8 Å². The number of nitrogens with two attached hydrogens (primary N) is 1. The summed E-state index contributed by atoms with van der Waals surface area (Å²) in [5.74, 6) is -5.62. The van der Waals surface area contributed by atoms with E-state index in [1.807, 2.05) is 0 Å². The zero-order chi connectivity index (χ0) is 85.1. The van der Waals surface area contributed by atoms with Gasteiger partial charge in [-0.3, -0.25) is 55.6 Å². The number of nitrogen functional groups attached to an aromatic ring is 1. The highest BCUT2D eigenvalue weighted by atomic mass is 32.3. The van der Waals surface area contributed by atoms with E-state index in [9.17, 15) is 150 Å². The third kappa shape index (κ3) is 20.2. The zero-order valence-electron chi connectivity index (χ0n) is 56.2. The lowest BCUT2D eigenvalue weighted by molar-refractivity contribution is -0.385. The number of nitro benzene ring substituents is 1. The van der Waals surface area contributed by atoms with Crippen LogP contribution in [0.4, 0.5) is 68.2 Å². The molecule has 114 heavy (non-hydrogen) atoms. The number of hydrogen-bond acceptors (Lipinski definition) is 37. The lowest BCUT2D eigenvalue weighted by atomic mass is 10.0. The van der Waals surface area contributed by atoms with E-state index in [0.29, 0.717) is 48.5 Å². The first-order valence-electron chi connectivity index (χ1n) is 29.9. The molecule has 0 aromatic heterocycles. The van der Waals surface area contributed by atoms with Crippen LogP contribution >= 0.6 is 0 Å². The molecule has 0 bridgehead atoms. The number of aryl methyl sites for hydroxylation is 2. The quantitative estimate of drug-likeness (QED) is 0.00517. The van der Waals surface area contributed by atoms with Crippen LogP contribution < -0.4 is 15.2 Å². The van der Waals surface area contributed by atoms with E-state index < -0.39 is 284 Å². The zero-order valence-corrected chi connectivity index (χ0v) is 64.4. The summed E-state index contributed by atoms with van der Waals surface area (Å²) in [4.78, 5) is -0.586. The van der Waals surface area contributed by atoms with Gasteiger partial charge in [0.25, 0.3) is 107 Å². The van der Waals surface area contributed by atoms with E-state index in [1.54, 1.807) is 0 Å². The second-order valence-electron chi connectivity index (χ2n) is 23.2. The Morgan fingerprint density at radius 2 is 0.781 bits per heavy atom. The minimum atomic E-state index is -5.86. The molecule has 0 heterocycles. The summed E-state index contributed by atoms with van der Waals surface area (Å²) >= 11 is 0. The fourth-order valence-electron chi connectivity index (χ4n) is 10.3. The lowest BCUT2D eigenvalue weighted by Crippen LogP contribution is -2.08. The molecule has 0 amide bonds. The lowest BCUT2D eigenvalue weighted by Gasteiger charge is -2.15. The number of phenolic OH excluding ortho intramolecular Hbond substituents is 2. The van der Waals surface area contributed by atoms with Gasteiger partial charge in [-0.25, -0.2) is 0 Å². The molecular weight excluding hydrogens is 1740 g/mol.